The highest BCUT2D eigenvalue weighted by Gasteiger charge is 2.19. The zero-order valence-corrected chi connectivity index (χ0v) is 11.1. The average Bonchev–Trinajstić information content (AvgIpc) is 2.59. The van der Waals surface area contributed by atoms with E-state index in [1.807, 2.05) is 0 Å². The highest BCUT2D eigenvalue weighted by Crippen LogP contribution is 2.22. The summed E-state index contributed by atoms with van der Waals surface area (Å²) in [6, 6.07) is 3.51. The van der Waals surface area contributed by atoms with Gasteiger partial charge in [0.05, 0.1) is 28.4 Å². The highest BCUT2D eigenvalue weighted by atomic mass is 35.5. The first kappa shape index (κ1) is 13.7. The van der Waals surface area contributed by atoms with Gasteiger partial charge in [-0.1, -0.05) is 17.7 Å². The Hall–Kier alpha value is -1.75. The number of aromatic nitrogens is 2. The Kier molecular flexibility index (Phi) is 3.66. The molecule has 19 heavy (non-hydrogen) atoms. The molecule has 0 aliphatic carbocycles. The summed E-state index contributed by atoms with van der Waals surface area (Å²) in [7, 11) is 1.64. The second-order valence-corrected chi connectivity index (χ2v) is 4.55. The molecule has 0 spiro atoms. The van der Waals surface area contributed by atoms with Crippen LogP contribution in [0.5, 0.6) is 0 Å². The Morgan fingerprint density at radius 1 is 1.42 bits per heavy atom. The molecule has 0 fully saturated rings. The predicted octanol–water partition coefficient (Wildman–Crippen LogP) is 3.09. The van der Waals surface area contributed by atoms with Crippen LogP contribution in [0.15, 0.2) is 18.2 Å². The fraction of sp³-hybridized carbons (Fsp3) is 0.231. The van der Waals surface area contributed by atoms with Crippen molar-refractivity contribution in [2.45, 2.75) is 13.3 Å². The summed E-state index contributed by atoms with van der Waals surface area (Å²) >= 11 is 6.01. The van der Waals surface area contributed by atoms with E-state index in [2.05, 4.69) is 5.10 Å². The first-order valence-corrected chi connectivity index (χ1v) is 5.94. The zero-order chi connectivity index (χ0) is 14.2. The first-order valence-electron chi connectivity index (χ1n) is 5.57. The molecular weight excluding hydrogens is 274 g/mol. The van der Waals surface area contributed by atoms with Gasteiger partial charge in [0.2, 0.25) is 0 Å². The molecular formula is C13H11ClF2N2O. The summed E-state index contributed by atoms with van der Waals surface area (Å²) in [6.45, 7) is 1.71. The molecule has 1 aromatic carbocycles. The minimum Gasteiger partial charge on any atom is -0.294 e. The number of carbonyl (C=O) groups is 1. The monoisotopic (exact) mass is 284 g/mol. The summed E-state index contributed by atoms with van der Waals surface area (Å²) in [5, 5.41) is 4.43. The Morgan fingerprint density at radius 3 is 2.68 bits per heavy atom. The summed E-state index contributed by atoms with van der Waals surface area (Å²) in [5.74, 6) is -2.72. The van der Waals surface area contributed by atoms with E-state index in [9.17, 15) is 13.6 Å². The van der Waals surface area contributed by atoms with Crippen molar-refractivity contribution in [2.75, 3.05) is 0 Å². The minimum atomic E-state index is -1.14. The van der Waals surface area contributed by atoms with Gasteiger partial charge in [-0.2, -0.15) is 5.10 Å². The lowest BCUT2D eigenvalue weighted by molar-refractivity contribution is 0.0986. The lowest BCUT2D eigenvalue weighted by Gasteiger charge is -2.04. The molecule has 0 amide bonds. The second-order valence-electron chi connectivity index (χ2n) is 4.17. The maximum Gasteiger partial charge on any atom is 0.171 e. The molecule has 0 aliphatic heterocycles. The van der Waals surface area contributed by atoms with Crippen molar-refractivity contribution in [2.24, 2.45) is 7.05 Å². The smallest absolute Gasteiger partial charge is 0.171 e. The van der Waals surface area contributed by atoms with Gasteiger partial charge in [0, 0.05) is 7.05 Å². The van der Waals surface area contributed by atoms with E-state index in [0.717, 1.165) is 6.07 Å². The van der Waals surface area contributed by atoms with Crippen LogP contribution in [0.1, 0.15) is 21.7 Å². The van der Waals surface area contributed by atoms with Crippen molar-refractivity contribution in [1.82, 2.24) is 9.78 Å². The van der Waals surface area contributed by atoms with Crippen molar-refractivity contribution < 1.29 is 13.6 Å². The fourth-order valence-corrected chi connectivity index (χ4v) is 2.07. The topological polar surface area (TPSA) is 34.9 Å². The molecule has 2 rings (SSSR count). The van der Waals surface area contributed by atoms with E-state index in [-0.39, 0.29) is 12.0 Å². The number of carbonyl (C=O) groups excluding carboxylic acids is 1. The summed E-state index contributed by atoms with van der Waals surface area (Å²) in [4.78, 5) is 12.0. The van der Waals surface area contributed by atoms with Crippen LogP contribution in [-0.2, 0) is 13.5 Å². The predicted molar refractivity (Wildman–Crippen MR) is 67.3 cm³/mol. The van der Waals surface area contributed by atoms with Crippen LogP contribution in [0.2, 0.25) is 5.02 Å². The molecule has 0 saturated heterocycles. The Morgan fingerprint density at radius 2 is 2.11 bits per heavy atom. The number of benzene rings is 1. The SMILES string of the molecule is Cc1nn(C)c(CC(=O)c2cccc(F)c2F)c1Cl. The molecule has 2 aromatic rings. The van der Waals surface area contributed by atoms with Crippen LogP contribution < -0.4 is 0 Å². The molecule has 0 N–H and O–H groups in total. The number of Topliss-reactive ketones (excluding diaryl/α,β-unsaturated/α-hetero) is 1. The molecule has 1 heterocycles. The van der Waals surface area contributed by atoms with E-state index in [0.29, 0.717) is 16.4 Å². The van der Waals surface area contributed by atoms with Gasteiger partial charge < -0.3 is 0 Å². The van der Waals surface area contributed by atoms with E-state index in [1.165, 1.54) is 16.8 Å². The first-order chi connectivity index (χ1) is 8.91. The zero-order valence-electron chi connectivity index (χ0n) is 10.4. The molecule has 0 radical (unpaired) electrons. The van der Waals surface area contributed by atoms with Gasteiger partial charge in [-0.15, -0.1) is 0 Å². The molecule has 0 bridgehead atoms. The third-order valence-electron chi connectivity index (χ3n) is 2.84. The van der Waals surface area contributed by atoms with Crippen molar-refractivity contribution in [1.29, 1.82) is 0 Å². The van der Waals surface area contributed by atoms with E-state index < -0.39 is 17.4 Å². The Labute approximate surface area is 113 Å². The minimum absolute atomic E-state index is 0.128. The third-order valence-corrected chi connectivity index (χ3v) is 3.33. The van der Waals surface area contributed by atoms with Gasteiger partial charge in [0.1, 0.15) is 0 Å². The van der Waals surface area contributed by atoms with Gasteiger partial charge in [0.25, 0.3) is 0 Å². The van der Waals surface area contributed by atoms with Crippen LogP contribution in [0.3, 0.4) is 0 Å². The van der Waals surface area contributed by atoms with Gasteiger partial charge >= 0.3 is 0 Å². The fourth-order valence-electron chi connectivity index (χ4n) is 1.84. The number of ketones is 1. The van der Waals surface area contributed by atoms with Crippen molar-refractivity contribution in [3.63, 3.8) is 0 Å². The van der Waals surface area contributed by atoms with Crippen LogP contribution in [0.25, 0.3) is 0 Å². The standard InChI is InChI=1S/C13H11ClF2N2O/c1-7-12(14)10(18(2)17-7)6-11(19)8-4-3-5-9(15)13(8)16/h3-5H,6H2,1-2H3. The number of halogens is 3. The number of aryl methyl sites for hydroxylation is 2. The van der Waals surface area contributed by atoms with Gasteiger partial charge in [-0.05, 0) is 19.1 Å². The maximum atomic E-state index is 13.5. The molecule has 6 heteroatoms. The molecule has 100 valence electrons. The molecule has 0 atom stereocenters. The molecule has 3 nitrogen and oxygen atoms in total. The van der Waals surface area contributed by atoms with Crippen molar-refractivity contribution >= 4 is 17.4 Å². The van der Waals surface area contributed by atoms with Gasteiger partial charge in [-0.3, -0.25) is 9.48 Å². The largest absolute Gasteiger partial charge is 0.294 e. The lowest BCUT2D eigenvalue weighted by Crippen LogP contribution is -2.10. The maximum absolute atomic E-state index is 13.5. The summed E-state index contributed by atoms with van der Waals surface area (Å²) in [6.07, 6.45) is -0.128. The third kappa shape index (κ3) is 2.51. The quantitative estimate of drug-likeness (QED) is 0.812. The molecule has 1 aromatic heterocycles. The Bertz CT molecular complexity index is 652. The van der Waals surface area contributed by atoms with Crippen molar-refractivity contribution in [3.8, 4) is 0 Å². The van der Waals surface area contributed by atoms with Crippen LogP contribution in [0.4, 0.5) is 8.78 Å². The number of hydrogen-bond donors (Lipinski definition) is 0. The van der Waals surface area contributed by atoms with Crippen LogP contribution >= 0.6 is 11.6 Å². The van der Waals surface area contributed by atoms with Crippen LogP contribution in [0, 0.1) is 18.6 Å². The van der Waals surface area contributed by atoms with Crippen molar-refractivity contribution in [3.05, 3.63) is 51.8 Å². The molecule has 0 aliphatic rings. The van der Waals surface area contributed by atoms with E-state index in [1.54, 1.807) is 14.0 Å². The van der Waals surface area contributed by atoms with Gasteiger partial charge in [0.15, 0.2) is 17.4 Å². The normalized spacial score (nSPS) is 10.8. The lowest BCUT2D eigenvalue weighted by atomic mass is 10.1. The summed E-state index contributed by atoms with van der Waals surface area (Å²) in [5.41, 5.74) is 0.787. The van der Waals surface area contributed by atoms with Gasteiger partial charge in [-0.25, -0.2) is 8.78 Å². The summed E-state index contributed by atoms with van der Waals surface area (Å²) < 4.78 is 28.0. The number of hydrogen-bond acceptors (Lipinski definition) is 2. The second kappa shape index (κ2) is 5.09. The average molecular weight is 285 g/mol. The number of nitrogens with zero attached hydrogens (tertiary/aromatic N) is 2. The highest BCUT2D eigenvalue weighted by molar-refractivity contribution is 6.32. The number of rotatable bonds is 3. The molecule has 0 unspecified atom stereocenters. The Balaban J connectivity index is 2.34. The van der Waals surface area contributed by atoms with E-state index >= 15 is 0 Å². The van der Waals surface area contributed by atoms with Crippen LogP contribution in [-0.4, -0.2) is 15.6 Å². The molecule has 0 saturated carbocycles. The van der Waals surface area contributed by atoms with E-state index in [4.69, 9.17) is 11.6 Å².